The topological polar surface area (TPSA) is 34.1 Å². The van der Waals surface area contributed by atoms with Crippen molar-refractivity contribution in [2.24, 2.45) is 0 Å². The van der Waals surface area contributed by atoms with Crippen molar-refractivity contribution in [3.05, 3.63) is 59.3 Å². The Balaban J connectivity index is 2.02. The van der Waals surface area contributed by atoms with Crippen LogP contribution in [0.2, 0.25) is 0 Å². The van der Waals surface area contributed by atoms with Crippen molar-refractivity contribution < 1.29 is 4.74 Å². The molecule has 3 nitrogen and oxygen atoms in total. The maximum absolute atomic E-state index is 5.10. The van der Waals surface area contributed by atoms with Crippen LogP contribution in [0, 0.1) is 6.92 Å². The van der Waals surface area contributed by atoms with Crippen molar-refractivity contribution in [1.82, 2.24) is 10.3 Å². The van der Waals surface area contributed by atoms with Crippen LogP contribution >= 0.6 is 0 Å². The summed E-state index contributed by atoms with van der Waals surface area (Å²) in [5.41, 5.74) is 3.90. The third-order valence-corrected chi connectivity index (χ3v) is 3.58. The SMILES string of the molecule is CCNC(Cc1ccc(C)cc1)Cc1ccc(OC)nc1. The molecular formula is C18H24N2O. The fraction of sp³-hybridized carbons (Fsp3) is 0.389. The predicted octanol–water partition coefficient (Wildman–Crippen LogP) is 3.16. The Morgan fingerprint density at radius 2 is 1.71 bits per heavy atom. The van der Waals surface area contributed by atoms with Crippen molar-refractivity contribution in [2.75, 3.05) is 13.7 Å². The second-order valence-corrected chi connectivity index (χ2v) is 5.36. The van der Waals surface area contributed by atoms with E-state index < -0.39 is 0 Å². The Labute approximate surface area is 127 Å². The van der Waals surface area contributed by atoms with Gasteiger partial charge in [-0.2, -0.15) is 0 Å². The molecule has 0 aliphatic rings. The molecule has 0 bridgehead atoms. The molecule has 1 aromatic heterocycles. The molecule has 1 atom stereocenters. The van der Waals surface area contributed by atoms with E-state index in [0.29, 0.717) is 11.9 Å². The van der Waals surface area contributed by atoms with Gasteiger partial charge in [0.2, 0.25) is 5.88 Å². The summed E-state index contributed by atoms with van der Waals surface area (Å²) in [5.74, 6) is 0.664. The van der Waals surface area contributed by atoms with Gasteiger partial charge in [0.15, 0.2) is 0 Å². The van der Waals surface area contributed by atoms with Crippen LogP contribution in [0.3, 0.4) is 0 Å². The molecule has 0 radical (unpaired) electrons. The first-order valence-corrected chi connectivity index (χ1v) is 7.49. The van der Waals surface area contributed by atoms with Gasteiger partial charge in [0, 0.05) is 18.3 Å². The first-order chi connectivity index (χ1) is 10.2. The first kappa shape index (κ1) is 15.5. The molecule has 0 saturated carbocycles. The highest BCUT2D eigenvalue weighted by Crippen LogP contribution is 2.12. The number of aryl methyl sites for hydroxylation is 1. The zero-order valence-electron chi connectivity index (χ0n) is 13.1. The molecule has 0 spiro atoms. The Morgan fingerprint density at radius 1 is 1.05 bits per heavy atom. The Hall–Kier alpha value is -1.87. The minimum atomic E-state index is 0.424. The van der Waals surface area contributed by atoms with Crippen LogP contribution in [-0.4, -0.2) is 24.7 Å². The van der Waals surface area contributed by atoms with E-state index in [0.717, 1.165) is 19.4 Å². The molecule has 1 N–H and O–H groups in total. The zero-order chi connectivity index (χ0) is 15.1. The van der Waals surface area contributed by atoms with E-state index >= 15 is 0 Å². The molecule has 1 aromatic carbocycles. The monoisotopic (exact) mass is 284 g/mol. The van der Waals surface area contributed by atoms with E-state index in [-0.39, 0.29) is 0 Å². The van der Waals surface area contributed by atoms with Crippen molar-refractivity contribution in [3.8, 4) is 5.88 Å². The molecule has 0 fully saturated rings. The van der Waals surface area contributed by atoms with Crippen LogP contribution in [0.4, 0.5) is 0 Å². The Bertz CT molecular complexity index is 534. The highest BCUT2D eigenvalue weighted by atomic mass is 16.5. The molecule has 0 aliphatic carbocycles. The smallest absolute Gasteiger partial charge is 0.212 e. The molecule has 3 heteroatoms. The molecule has 2 aromatic rings. The van der Waals surface area contributed by atoms with Crippen LogP contribution in [-0.2, 0) is 12.8 Å². The second-order valence-electron chi connectivity index (χ2n) is 5.36. The Morgan fingerprint density at radius 3 is 2.29 bits per heavy atom. The summed E-state index contributed by atoms with van der Waals surface area (Å²) in [6.45, 7) is 5.24. The normalized spacial score (nSPS) is 12.1. The van der Waals surface area contributed by atoms with E-state index in [1.807, 2.05) is 12.3 Å². The van der Waals surface area contributed by atoms with Crippen LogP contribution in [0.15, 0.2) is 42.6 Å². The standard InChI is InChI=1S/C18H24N2O/c1-4-19-17(11-15-7-5-14(2)6-8-15)12-16-9-10-18(21-3)20-13-16/h5-10,13,17,19H,4,11-12H2,1-3H3. The van der Waals surface area contributed by atoms with Gasteiger partial charge in [-0.1, -0.05) is 42.8 Å². The zero-order valence-corrected chi connectivity index (χ0v) is 13.1. The molecule has 0 amide bonds. The van der Waals surface area contributed by atoms with Crippen molar-refractivity contribution >= 4 is 0 Å². The molecule has 1 heterocycles. The quantitative estimate of drug-likeness (QED) is 0.848. The maximum atomic E-state index is 5.10. The van der Waals surface area contributed by atoms with Crippen LogP contribution in [0.5, 0.6) is 5.88 Å². The lowest BCUT2D eigenvalue weighted by atomic mass is 9.99. The van der Waals surface area contributed by atoms with Crippen molar-refractivity contribution in [1.29, 1.82) is 0 Å². The van der Waals surface area contributed by atoms with E-state index in [9.17, 15) is 0 Å². The highest BCUT2D eigenvalue weighted by Gasteiger charge is 2.10. The average Bonchev–Trinajstić information content (AvgIpc) is 2.50. The number of nitrogens with one attached hydrogen (secondary N) is 1. The number of ether oxygens (including phenoxy) is 1. The van der Waals surface area contributed by atoms with Gasteiger partial charge in [0.1, 0.15) is 0 Å². The molecule has 0 saturated heterocycles. The van der Waals surface area contributed by atoms with Gasteiger partial charge < -0.3 is 10.1 Å². The Kier molecular flexibility index (Phi) is 5.76. The van der Waals surface area contributed by atoms with Crippen molar-refractivity contribution in [2.45, 2.75) is 32.7 Å². The highest BCUT2D eigenvalue weighted by molar-refractivity contribution is 5.23. The third kappa shape index (κ3) is 4.87. The number of likely N-dealkylation sites (N-methyl/N-ethyl adjacent to an activating group) is 1. The first-order valence-electron chi connectivity index (χ1n) is 7.49. The summed E-state index contributed by atoms with van der Waals surface area (Å²) in [4.78, 5) is 4.28. The maximum Gasteiger partial charge on any atom is 0.212 e. The second kappa shape index (κ2) is 7.79. The van der Waals surface area contributed by atoms with Gasteiger partial charge >= 0.3 is 0 Å². The summed E-state index contributed by atoms with van der Waals surface area (Å²) in [6, 6.07) is 13.2. The summed E-state index contributed by atoms with van der Waals surface area (Å²) in [7, 11) is 1.64. The van der Waals surface area contributed by atoms with E-state index in [4.69, 9.17) is 4.74 Å². The minimum absolute atomic E-state index is 0.424. The van der Waals surface area contributed by atoms with Gasteiger partial charge in [-0.25, -0.2) is 4.98 Å². The lowest BCUT2D eigenvalue weighted by molar-refractivity contribution is 0.397. The number of hydrogen-bond acceptors (Lipinski definition) is 3. The fourth-order valence-electron chi connectivity index (χ4n) is 2.45. The van der Waals surface area contributed by atoms with Gasteiger partial charge in [0.25, 0.3) is 0 Å². The predicted molar refractivity (Wildman–Crippen MR) is 86.8 cm³/mol. The molecule has 1 unspecified atom stereocenters. The molecule has 2 rings (SSSR count). The number of rotatable bonds is 7. The minimum Gasteiger partial charge on any atom is -0.481 e. The van der Waals surface area contributed by atoms with E-state index in [1.165, 1.54) is 16.7 Å². The number of aromatic nitrogens is 1. The van der Waals surface area contributed by atoms with E-state index in [1.54, 1.807) is 7.11 Å². The summed E-state index contributed by atoms with van der Waals surface area (Å²) in [5, 5.41) is 3.56. The number of methoxy groups -OCH3 is 1. The lowest BCUT2D eigenvalue weighted by Crippen LogP contribution is -2.33. The number of pyridine rings is 1. The van der Waals surface area contributed by atoms with Gasteiger partial charge in [-0.3, -0.25) is 0 Å². The van der Waals surface area contributed by atoms with Crippen LogP contribution in [0.1, 0.15) is 23.6 Å². The summed E-state index contributed by atoms with van der Waals surface area (Å²) >= 11 is 0. The molecule has 112 valence electrons. The summed E-state index contributed by atoms with van der Waals surface area (Å²) in [6.07, 6.45) is 3.90. The molecular weight excluding hydrogens is 260 g/mol. The molecule has 21 heavy (non-hydrogen) atoms. The average molecular weight is 284 g/mol. The van der Waals surface area contributed by atoms with Crippen LogP contribution in [0.25, 0.3) is 0 Å². The van der Waals surface area contributed by atoms with Crippen LogP contribution < -0.4 is 10.1 Å². The van der Waals surface area contributed by atoms with Gasteiger partial charge in [-0.15, -0.1) is 0 Å². The van der Waals surface area contributed by atoms with E-state index in [2.05, 4.69) is 54.5 Å². The third-order valence-electron chi connectivity index (χ3n) is 3.58. The summed E-state index contributed by atoms with van der Waals surface area (Å²) < 4.78 is 5.10. The van der Waals surface area contributed by atoms with Gasteiger partial charge in [0.05, 0.1) is 7.11 Å². The van der Waals surface area contributed by atoms with Crippen molar-refractivity contribution in [3.63, 3.8) is 0 Å². The molecule has 0 aliphatic heterocycles. The largest absolute Gasteiger partial charge is 0.481 e. The fourth-order valence-corrected chi connectivity index (χ4v) is 2.45. The number of nitrogens with zero attached hydrogens (tertiary/aromatic N) is 1. The number of hydrogen-bond donors (Lipinski definition) is 1. The lowest BCUT2D eigenvalue weighted by Gasteiger charge is -2.18. The van der Waals surface area contributed by atoms with Gasteiger partial charge in [-0.05, 0) is 37.4 Å². The number of benzene rings is 1.